The van der Waals surface area contributed by atoms with E-state index < -0.39 is 28.4 Å². The lowest BCUT2D eigenvalue weighted by Crippen LogP contribution is -2.91. The Labute approximate surface area is 256 Å². The Morgan fingerprint density at radius 1 is 1.09 bits per heavy atom. The van der Waals surface area contributed by atoms with Gasteiger partial charge in [-0.05, 0) is 43.1 Å². The van der Waals surface area contributed by atoms with Crippen LogP contribution in [0.25, 0.3) is 0 Å². The van der Waals surface area contributed by atoms with E-state index in [-0.39, 0.29) is 33.7 Å². The van der Waals surface area contributed by atoms with Gasteiger partial charge in [-0.1, -0.05) is 0 Å². The van der Waals surface area contributed by atoms with Gasteiger partial charge in [-0.25, -0.2) is 9.97 Å². The summed E-state index contributed by atoms with van der Waals surface area (Å²) >= 11 is 0. The zero-order valence-electron chi connectivity index (χ0n) is 23.6. The van der Waals surface area contributed by atoms with Crippen molar-refractivity contribution in [3.05, 3.63) is 53.5 Å². The Kier molecular flexibility index (Phi) is 8.34. The van der Waals surface area contributed by atoms with E-state index in [1.165, 1.54) is 24.4 Å². The standard InChI is InChI=1S/C24H24B4N10O6/c1-11-6-13(8-29)32-10-15(11)44-17-7-14(18(36-30)19(31-2)35-17)34-16-5-4-12(9-33-16)20(39)38-22(27,40)21(25,26)37(3)23(28,41)24(38,42)43/h4-7,9-10,36,40-43H,30H2,1-3H3,(H2,31,33,34,35). The molecule has 3 aromatic rings. The van der Waals surface area contributed by atoms with Crippen molar-refractivity contribution in [3.63, 3.8) is 0 Å². The number of rotatable bonds is 7. The summed E-state index contributed by atoms with van der Waals surface area (Å²) in [5, 5.41) is 55.0. The molecular formula is C24H24B4N10O6. The van der Waals surface area contributed by atoms with Crippen LogP contribution in [-0.2, 0) is 0 Å². The first-order valence-electron chi connectivity index (χ1n) is 12.5. The Morgan fingerprint density at radius 3 is 2.32 bits per heavy atom. The zero-order chi connectivity index (χ0) is 32.8. The molecule has 1 saturated heterocycles. The van der Waals surface area contributed by atoms with Crippen molar-refractivity contribution in [3.8, 4) is 17.7 Å². The van der Waals surface area contributed by atoms with E-state index in [1.54, 1.807) is 20.0 Å². The number of ether oxygens (including phenoxy) is 1. The molecule has 0 saturated carbocycles. The van der Waals surface area contributed by atoms with E-state index >= 15 is 0 Å². The number of aliphatic hydroxyl groups is 4. The Hall–Kier alpha value is -4.37. The fourth-order valence-corrected chi connectivity index (χ4v) is 4.32. The summed E-state index contributed by atoms with van der Waals surface area (Å²) in [6.07, 6.45) is 2.38. The minimum atomic E-state index is -3.69. The summed E-state index contributed by atoms with van der Waals surface area (Å²) in [5.41, 5.74) is -2.71. The second kappa shape index (κ2) is 11.3. The van der Waals surface area contributed by atoms with Crippen molar-refractivity contribution in [2.45, 2.75) is 29.4 Å². The lowest BCUT2D eigenvalue weighted by Gasteiger charge is -2.67. The van der Waals surface area contributed by atoms with Crippen LogP contribution >= 0.6 is 0 Å². The largest absolute Gasteiger partial charge is 0.437 e. The molecule has 2 unspecified atom stereocenters. The fourth-order valence-electron chi connectivity index (χ4n) is 4.32. The summed E-state index contributed by atoms with van der Waals surface area (Å²) < 4.78 is 5.89. The van der Waals surface area contributed by atoms with Crippen LogP contribution in [0.2, 0.25) is 0 Å². The maximum absolute atomic E-state index is 13.4. The van der Waals surface area contributed by atoms with Crippen LogP contribution in [0.4, 0.5) is 23.0 Å². The first-order valence-corrected chi connectivity index (χ1v) is 12.5. The van der Waals surface area contributed by atoms with Crippen LogP contribution in [0, 0.1) is 18.3 Å². The third-order valence-corrected chi connectivity index (χ3v) is 7.05. The molecule has 3 aromatic heterocycles. The Morgan fingerprint density at radius 2 is 1.77 bits per heavy atom. The molecule has 16 nitrogen and oxygen atoms in total. The van der Waals surface area contributed by atoms with Gasteiger partial charge in [0.25, 0.3) is 11.8 Å². The van der Waals surface area contributed by atoms with Gasteiger partial charge in [0.2, 0.25) is 5.88 Å². The van der Waals surface area contributed by atoms with E-state index in [1.807, 2.05) is 6.07 Å². The quantitative estimate of drug-likeness (QED) is 0.0616. The lowest BCUT2D eigenvalue weighted by molar-refractivity contribution is -0.402. The van der Waals surface area contributed by atoms with Crippen molar-refractivity contribution in [1.82, 2.24) is 24.8 Å². The van der Waals surface area contributed by atoms with Gasteiger partial charge in [0, 0.05) is 19.3 Å². The topological polar surface area (TPSA) is 238 Å². The van der Waals surface area contributed by atoms with E-state index in [9.17, 15) is 25.2 Å². The van der Waals surface area contributed by atoms with Crippen molar-refractivity contribution in [2.75, 3.05) is 30.2 Å². The van der Waals surface area contributed by atoms with Gasteiger partial charge in [0.05, 0.1) is 33.1 Å². The van der Waals surface area contributed by atoms with Crippen molar-refractivity contribution < 1.29 is 30.0 Å². The molecule has 0 bridgehead atoms. The third-order valence-electron chi connectivity index (χ3n) is 7.05. The highest BCUT2D eigenvalue weighted by atomic mass is 16.6. The molecule has 9 N–H and O–H groups in total. The number of hydrogen-bond donors (Lipinski definition) is 8. The number of aromatic nitrogens is 3. The number of nitriles is 1. The van der Waals surface area contributed by atoms with Crippen LogP contribution in [-0.4, -0.2) is 119 Å². The summed E-state index contributed by atoms with van der Waals surface area (Å²) in [6, 6.07) is 7.49. The number of anilines is 4. The maximum atomic E-state index is 13.4. The van der Waals surface area contributed by atoms with Gasteiger partial charge < -0.3 is 41.2 Å². The number of carbonyl (C=O) groups excluding carboxylic acids is 1. The average Bonchev–Trinajstić information content (AvgIpc) is 2.96. The van der Waals surface area contributed by atoms with Crippen molar-refractivity contribution in [2.24, 2.45) is 5.84 Å². The number of likely N-dealkylation sites (N-methyl/N-ethyl adjacent to an activating group) is 1. The maximum Gasteiger partial charge on any atom is 0.285 e. The van der Waals surface area contributed by atoms with Crippen molar-refractivity contribution >= 4 is 60.3 Å². The number of nitrogen functional groups attached to an aromatic ring is 1. The number of pyridine rings is 3. The normalized spacial score (nSPS) is 22.5. The molecule has 0 aromatic carbocycles. The number of amides is 1. The minimum absolute atomic E-state index is 0.109. The predicted octanol–water partition coefficient (Wildman–Crippen LogP) is -2.44. The van der Waals surface area contributed by atoms with E-state index in [0.717, 1.165) is 13.2 Å². The number of aryl methyl sites for hydroxylation is 1. The molecule has 218 valence electrons. The molecule has 20 heteroatoms. The number of carbonyl (C=O) groups is 1. The molecule has 1 aliphatic heterocycles. The Bertz CT molecular complexity index is 1610. The smallest absolute Gasteiger partial charge is 0.285 e. The third kappa shape index (κ3) is 5.19. The van der Waals surface area contributed by atoms with Gasteiger partial charge >= 0.3 is 0 Å². The van der Waals surface area contributed by atoms with Gasteiger partial charge in [-0.2, -0.15) is 10.2 Å². The highest BCUT2D eigenvalue weighted by Gasteiger charge is 2.68. The Balaban J connectivity index is 1.66. The van der Waals surface area contributed by atoms with Crippen molar-refractivity contribution in [1.29, 1.82) is 5.26 Å². The monoisotopic (exact) mass is 592 g/mol. The molecule has 0 spiro atoms. The average molecular weight is 592 g/mol. The molecule has 0 aliphatic carbocycles. The van der Waals surface area contributed by atoms with Crippen LogP contribution in [0.5, 0.6) is 11.6 Å². The van der Waals surface area contributed by atoms with Crippen LogP contribution in [0.1, 0.15) is 21.6 Å². The van der Waals surface area contributed by atoms with Gasteiger partial charge in [-0.15, -0.1) is 0 Å². The van der Waals surface area contributed by atoms with Gasteiger partial charge in [0.15, 0.2) is 11.6 Å². The summed E-state index contributed by atoms with van der Waals surface area (Å²) in [6.45, 7) is 1.74. The molecule has 8 radical (unpaired) electrons. The highest BCUT2D eigenvalue weighted by molar-refractivity contribution is 6.45. The number of hydrazine groups is 1. The number of nitrogens with zero attached hydrogens (tertiary/aromatic N) is 6. The molecule has 4 heterocycles. The number of piperazine rings is 1. The molecule has 4 rings (SSSR count). The molecule has 1 aliphatic rings. The van der Waals surface area contributed by atoms with E-state index in [2.05, 4.69) is 31.0 Å². The molecular weight excluding hydrogens is 568 g/mol. The number of hydrogen-bond acceptors (Lipinski definition) is 15. The number of nitrogens with one attached hydrogen (secondary N) is 3. The first kappa shape index (κ1) is 32.5. The molecule has 1 fully saturated rings. The molecule has 44 heavy (non-hydrogen) atoms. The SMILES string of the molecule is [B]C1([B])N(C)C([B])(O)C(O)(O)N(C(=O)c2ccc(Nc3cc(Oc4cnc(C#N)cc4C)nc(NC)c3NN)nc2)C1([B])O. The molecule has 2 atom stereocenters. The second-order valence-electron chi connectivity index (χ2n) is 9.84. The summed E-state index contributed by atoms with van der Waals surface area (Å²) in [4.78, 5) is 26.1. The highest BCUT2D eigenvalue weighted by Crippen LogP contribution is 2.43. The van der Waals surface area contributed by atoms with Gasteiger partial charge in [0.1, 0.15) is 50.2 Å². The van der Waals surface area contributed by atoms with E-state index in [4.69, 9.17) is 47.2 Å². The fraction of sp³-hybridized carbons (Fsp3) is 0.292. The van der Waals surface area contributed by atoms with Gasteiger partial charge in [-0.3, -0.25) is 20.4 Å². The zero-order valence-corrected chi connectivity index (χ0v) is 23.6. The van der Waals surface area contributed by atoms with Crippen LogP contribution < -0.4 is 26.6 Å². The predicted molar refractivity (Wildman–Crippen MR) is 160 cm³/mol. The second-order valence-corrected chi connectivity index (χ2v) is 9.84. The van der Waals surface area contributed by atoms with E-state index in [0.29, 0.717) is 27.6 Å². The minimum Gasteiger partial charge on any atom is -0.437 e. The van der Waals surface area contributed by atoms with Crippen LogP contribution in [0.3, 0.4) is 0 Å². The van der Waals surface area contributed by atoms with Crippen LogP contribution in [0.15, 0.2) is 36.7 Å². The molecule has 1 amide bonds. The summed E-state index contributed by atoms with van der Waals surface area (Å²) in [5.74, 6) is 1.56. The first-order chi connectivity index (χ1) is 20.4. The summed E-state index contributed by atoms with van der Waals surface area (Å²) in [7, 11) is 25.7. The lowest BCUT2D eigenvalue weighted by atomic mass is 9.46. The number of nitrogens with two attached hydrogens (primary N) is 1.